The van der Waals surface area contributed by atoms with Crippen molar-refractivity contribution in [1.29, 1.82) is 0 Å². The maximum Gasteiger partial charge on any atom is 0.268 e. The highest BCUT2D eigenvalue weighted by Gasteiger charge is 2.27. The van der Waals surface area contributed by atoms with Crippen LogP contribution in [0.4, 0.5) is 0 Å². The van der Waals surface area contributed by atoms with E-state index in [4.69, 9.17) is 0 Å². The maximum absolute atomic E-state index is 13.4. The molecule has 0 amide bonds. The predicted molar refractivity (Wildman–Crippen MR) is 104 cm³/mol. The summed E-state index contributed by atoms with van der Waals surface area (Å²) in [5.74, 6) is -0.344. The van der Waals surface area contributed by atoms with Crippen molar-refractivity contribution in [2.75, 3.05) is 0 Å². The molecule has 2 aromatic carbocycles. The van der Waals surface area contributed by atoms with Crippen LogP contribution in [0.2, 0.25) is 0 Å². The zero-order valence-electron chi connectivity index (χ0n) is 14.5. The molecule has 0 saturated heterocycles. The summed E-state index contributed by atoms with van der Waals surface area (Å²) in [5.41, 5.74) is 1.83. The lowest BCUT2D eigenvalue weighted by Crippen LogP contribution is -2.19. The molecule has 0 spiro atoms. The van der Waals surface area contributed by atoms with E-state index in [-0.39, 0.29) is 21.9 Å². The van der Waals surface area contributed by atoms with Gasteiger partial charge < -0.3 is 5.11 Å². The second-order valence-electron chi connectivity index (χ2n) is 6.47. The Morgan fingerprint density at radius 2 is 1.74 bits per heavy atom. The van der Waals surface area contributed by atoms with Crippen molar-refractivity contribution in [3.63, 3.8) is 0 Å². The number of allylic oxidation sites excluding steroid dienone is 2. The van der Waals surface area contributed by atoms with Gasteiger partial charge in [0.2, 0.25) is 0 Å². The molecule has 1 N–H and O–H groups in total. The summed E-state index contributed by atoms with van der Waals surface area (Å²) in [6, 6.07) is 15.3. The third-order valence-electron chi connectivity index (χ3n) is 4.55. The minimum Gasteiger partial charge on any atom is -0.385 e. The van der Waals surface area contributed by atoms with Gasteiger partial charge in [-0.15, -0.1) is 0 Å². The summed E-state index contributed by atoms with van der Waals surface area (Å²) in [7, 11) is -3.94. The van der Waals surface area contributed by atoms with Crippen LogP contribution in [0.1, 0.15) is 11.3 Å². The van der Waals surface area contributed by atoms with Gasteiger partial charge in [0.05, 0.1) is 22.2 Å². The number of ketones is 1. The average molecular weight is 379 g/mol. The van der Waals surface area contributed by atoms with Gasteiger partial charge in [-0.2, -0.15) is 0 Å². The highest BCUT2D eigenvalue weighted by Crippen LogP contribution is 2.31. The minimum absolute atomic E-state index is 0.135. The lowest BCUT2D eigenvalue weighted by Gasteiger charge is -2.15. The first-order valence-corrected chi connectivity index (χ1v) is 9.87. The van der Waals surface area contributed by atoms with Crippen molar-refractivity contribution in [1.82, 2.24) is 3.97 Å². The van der Waals surface area contributed by atoms with E-state index in [1.54, 1.807) is 54.6 Å². The van der Waals surface area contributed by atoms with Crippen LogP contribution in [0.3, 0.4) is 0 Å². The number of benzene rings is 2. The van der Waals surface area contributed by atoms with E-state index in [0.29, 0.717) is 10.9 Å². The number of carbonyl (C=O) groups excluding carboxylic acids is 1. The number of rotatable bonds is 3. The normalized spacial score (nSPS) is 17.3. The van der Waals surface area contributed by atoms with Crippen molar-refractivity contribution >= 4 is 32.3 Å². The topological polar surface area (TPSA) is 76.4 Å². The Bertz CT molecular complexity index is 1210. The summed E-state index contributed by atoms with van der Waals surface area (Å²) in [6.45, 7) is 1.88. The summed E-state index contributed by atoms with van der Waals surface area (Å²) in [6.07, 6.45) is 3.07. The van der Waals surface area contributed by atoms with Crippen molar-refractivity contribution in [3.05, 3.63) is 84.1 Å². The molecule has 27 heavy (non-hydrogen) atoms. The Labute approximate surface area is 156 Å². The molecule has 1 aromatic heterocycles. The number of para-hydroxylation sites is 1. The Balaban J connectivity index is 2.02. The predicted octanol–water partition coefficient (Wildman–Crippen LogP) is 3.07. The van der Waals surface area contributed by atoms with Crippen molar-refractivity contribution in [2.45, 2.75) is 17.9 Å². The van der Waals surface area contributed by atoms with Gasteiger partial charge >= 0.3 is 0 Å². The summed E-state index contributed by atoms with van der Waals surface area (Å²) in [5, 5.41) is 10.6. The number of carbonyl (C=O) groups is 1. The molecule has 0 bridgehead atoms. The molecule has 0 saturated carbocycles. The van der Waals surface area contributed by atoms with Crippen LogP contribution < -0.4 is 0 Å². The smallest absolute Gasteiger partial charge is 0.268 e. The fourth-order valence-electron chi connectivity index (χ4n) is 3.19. The second-order valence-corrected chi connectivity index (χ2v) is 8.25. The average Bonchev–Trinajstić information content (AvgIpc) is 3.04. The van der Waals surface area contributed by atoms with E-state index in [9.17, 15) is 18.3 Å². The molecule has 6 heteroatoms. The zero-order valence-corrected chi connectivity index (χ0v) is 15.3. The number of aromatic nitrogens is 1. The molecule has 1 atom stereocenters. The monoisotopic (exact) mass is 379 g/mol. The van der Waals surface area contributed by atoms with Crippen LogP contribution in [-0.4, -0.2) is 29.4 Å². The van der Waals surface area contributed by atoms with Gasteiger partial charge in [0.15, 0.2) is 5.78 Å². The quantitative estimate of drug-likeness (QED) is 0.759. The van der Waals surface area contributed by atoms with E-state index < -0.39 is 16.1 Å². The summed E-state index contributed by atoms with van der Waals surface area (Å²) >= 11 is 0. The van der Waals surface area contributed by atoms with Crippen LogP contribution in [-0.2, 0) is 14.8 Å². The fourth-order valence-corrected chi connectivity index (χ4v) is 4.71. The lowest BCUT2D eigenvalue weighted by molar-refractivity contribution is -0.109. The highest BCUT2D eigenvalue weighted by atomic mass is 32.2. The Hall–Kier alpha value is -2.96. The molecule has 1 aliphatic carbocycles. The first-order valence-electron chi connectivity index (χ1n) is 8.43. The SMILES string of the molecule is Cc1ccc(S(=O)(=O)n2c(C3=CC(O)C=CC3=O)cc3ccccc32)cc1. The van der Waals surface area contributed by atoms with E-state index in [2.05, 4.69) is 0 Å². The number of hydrogen-bond acceptors (Lipinski definition) is 4. The van der Waals surface area contributed by atoms with Gasteiger partial charge in [-0.05, 0) is 49.4 Å². The van der Waals surface area contributed by atoms with Crippen LogP contribution >= 0.6 is 0 Å². The van der Waals surface area contributed by atoms with Gasteiger partial charge in [0, 0.05) is 11.0 Å². The number of aliphatic hydroxyl groups is 1. The third-order valence-corrected chi connectivity index (χ3v) is 6.29. The first-order chi connectivity index (χ1) is 12.9. The molecule has 0 fully saturated rings. The van der Waals surface area contributed by atoms with Gasteiger partial charge in [-0.25, -0.2) is 12.4 Å². The van der Waals surface area contributed by atoms with Gasteiger partial charge in [-0.1, -0.05) is 35.9 Å². The van der Waals surface area contributed by atoms with E-state index in [1.165, 1.54) is 22.2 Å². The largest absolute Gasteiger partial charge is 0.385 e. The number of nitrogens with zero attached hydrogens (tertiary/aromatic N) is 1. The van der Waals surface area contributed by atoms with Crippen LogP contribution in [0.15, 0.2) is 77.7 Å². The molecule has 3 aromatic rings. The Kier molecular flexibility index (Phi) is 4.09. The molecule has 4 rings (SSSR count). The number of aliphatic hydroxyl groups excluding tert-OH is 1. The highest BCUT2D eigenvalue weighted by molar-refractivity contribution is 7.90. The van der Waals surface area contributed by atoms with E-state index >= 15 is 0 Å². The molecule has 1 heterocycles. The molecule has 1 unspecified atom stereocenters. The number of fused-ring (bicyclic) bond motifs is 1. The summed E-state index contributed by atoms with van der Waals surface area (Å²) in [4.78, 5) is 12.5. The van der Waals surface area contributed by atoms with Gasteiger partial charge in [0.25, 0.3) is 10.0 Å². The molecule has 0 aliphatic heterocycles. The van der Waals surface area contributed by atoms with Crippen LogP contribution in [0.25, 0.3) is 16.5 Å². The number of hydrogen-bond donors (Lipinski definition) is 1. The molecule has 5 nitrogen and oxygen atoms in total. The van der Waals surface area contributed by atoms with Crippen molar-refractivity contribution in [2.24, 2.45) is 0 Å². The molecule has 0 radical (unpaired) electrons. The summed E-state index contributed by atoms with van der Waals surface area (Å²) < 4.78 is 28.0. The number of aryl methyl sites for hydroxylation is 1. The second kappa shape index (κ2) is 6.33. The van der Waals surface area contributed by atoms with Crippen molar-refractivity contribution in [3.8, 4) is 0 Å². The van der Waals surface area contributed by atoms with Crippen LogP contribution in [0, 0.1) is 6.92 Å². The molecular weight excluding hydrogens is 362 g/mol. The van der Waals surface area contributed by atoms with E-state index in [1.807, 2.05) is 6.92 Å². The third kappa shape index (κ3) is 2.93. The fraction of sp³-hybridized carbons (Fsp3) is 0.0952. The van der Waals surface area contributed by atoms with E-state index in [0.717, 1.165) is 5.56 Å². The van der Waals surface area contributed by atoms with Gasteiger partial charge in [-0.3, -0.25) is 4.79 Å². The van der Waals surface area contributed by atoms with Crippen molar-refractivity contribution < 1.29 is 18.3 Å². The minimum atomic E-state index is -3.94. The van der Waals surface area contributed by atoms with Crippen LogP contribution in [0.5, 0.6) is 0 Å². The molecule has 1 aliphatic rings. The zero-order chi connectivity index (χ0) is 19.2. The lowest BCUT2D eigenvalue weighted by atomic mass is 10.00. The molecule has 136 valence electrons. The standard InChI is InChI=1S/C21H17NO4S/c1-14-6-9-17(10-7-14)27(25,26)22-19-5-3-2-4-15(19)12-20(22)18-13-16(23)8-11-21(18)24/h2-13,16,23H,1H3. The maximum atomic E-state index is 13.4. The Morgan fingerprint density at radius 1 is 1.04 bits per heavy atom. The van der Waals surface area contributed by atoms with Gasteiger partial charge in [0.1, 0.15) is 0 Å². The molecular formula is C21H17NO4S. The first kappa shape index (κ1) is 17.5. The Morgan fingerprint density at radius 3 is 2.48 bits per heavy atom.